The number of halogens is 2. The van der Waals surface area contributed by atoms with Crippen molar-refractivity contribution in [3.63, 3.8) is 0 Å². The van der Waals surface area contributed by atoms with E-state index in [0.29, 0.717) is 126 Å². The Balaban J connectivity index is 0.000000136. The van der Waals surface area contributed by atoms with Crippen LogP contribution >= 0.6 is 0 Å². The molecule has 3 saturated heterocycles. The first-order chi connectivity index (χ1) is 64.3. The molecule has 29 nitrogen and oxygen atoms in total. The maximum absolute atomic E-state index is 12.8. The molecule has 23 rings (SSSR count). The van der Waals surface area contributed by atoms with Crippen LogP contribution in [0.25, 0.3) is 0 Å². The van der Waals surface area contributed by atoms with Gasteiger partial charge in [0.25, 0.3) is 20.2 Å². The van der Waals surface area contributed by atoms with E-state index in [0.717, 1.165) is 74.0 Å². The number of hydrogen-bond acceptors (Lipinski definition) is 29. The minimum atomic E-state index is -5.81. The zero-order valence-corrected chi connectivity index (χ0v) is 87.0. The van der Waals surface area contributed by atoms with Crippen molar-refractivity contribution < 1.29 is 143 Å². The van der Waals surface area contributed by atoms with E-state index in [1.54, 1.807) is 27.7 Å². The van der Waals surface area contributed by atoms with Gasteiger partial charge in [-0.3, -0.25) is 18.0 Å². The van der Waals surface area contributed by atoms with Gasteiger partial charge in [0.1, 0.15) is 58.3 Å². The fourth-order valence-electron chi connectivity index (χ4n) is 29.0. The third-order valence-electron chi connectivity index (χ3n) is 35.5. The van der Waals surface area contributed by atoms with Gasteiger partial charge in [0.15, 0.2) is 29.9 Å². The summed E-state index contributed by atoms with van der Waals surface area (Å²) in [5.41, 5.74) is -1.01. The number of carbonyl (C=O) groups excluding carboxylic acids is 9. The van der Waals surface area contributed by atoms with Crippen LogP contribution in [0.4, 0.5) is 8.78 Å². The smallest absolute Gasteiger partial charge is 0.367 e. The van der Waals surface area contributed by atoms with Crippen molar-refractivity contribution in [1.29, 1.82) is 0 Å². The minimum absolute atomic E-state index is 0.00284. The summed E-state index contributed by atoms with van der Waals surface area (Å²) in [5, 5.41) is 3.51. The van der Waals surface area contributed by atoms with E-state index in [9.17, 15) is 81.7 Å². The van der Waals surface area contributed by atoms with E-state index >= 15 is 0 Å². The summed E-state index contributed by atoms with van der Waals surface area (Å²) < 4.78 is 166. The van der Waals surface area contributed by atoms with Crippen molar-refractivity contribution in [3.05, 3.63) is 48.6 Å². The summed E-state index contributed by atoms with van der Waals surface area (Å²) in [4.78, 5) is 106. The lowest BCUT2D eigenvalue weighted by molar-refractivity contribution is -0.233. The van der Waals surface area contributed by atoms with Gasteiger partial charge in [0, 0.05) is 52.4 Å². The Morgan fingerprint density at radius 3 is 1.22 bits per heavy atom. The van der Waals surface area contributed by atoms with Gasteiger partial charge in [-0.05, 0) is 348 Å². The molecule has 0 aromatic rings. The van der Waals surface area contributed by atoms with E-state index in [2.05, 4.69) is 72.6 Å². The molecule has 778 valence electrons. The Bertz CT molecular complexity index is 4830. The highest BCUT2D eigenvalue weighted by atomic mass is 32.2. The van der Waals surface area contributed by atoms with Gasteiger partial charge in [0.05, 0.1) is 40.1 Å². The van der Waals surface area contributed by atoms with Gasteiger partial charge in [0.2, 0.25) is 5.75 Å². The summed E-state index contributed by atoms with van der Waals surface area (Å²) in [6, 6.07) is 0. The van der Waals surface area contributed by atoms with E-state index < -0.39 is 126 Å². The summed E-state index contributed by atoms with van der Waals surface area (Å²) in [6.45, 7) is 40.4. The van der Waals surface area contributed by atoms with Crippen LogP contribution in [0, 0.1) is 129 Å². The number of esters is 9. The average molecular weight is 2020 g/mol. The monoisotopic (exact) mass is 2020 g/mol. The van der Waals surface area contributed by atoms with Gasteiger partial charge in [-0.2, -0.15) is 25.6 Å². The summed E-state index contributed by atoms with van der Waals surface area (Å²) in [5.74, 6) is 10.4. The summed E-state index contributed by atoms with van der Waals surface area (Å²) >= 11 is 0. The molecular weight excluding hydrogens is 1870 g/mol. The van der Waals surface area contributed by atoms with Gasteiger partial charge < -0.3 is 57.0 Å². The molecule has 0 amide bonds. The fourth-order valence-corrected chi connectivity index (χ4v) is 35.1. The second kappa shape index (κ2) is 42.2. The zero-order valence-electron chi connectivity index (χ0n) is 83.8. The van der Waals surface area contributed by atoms with Gasteiger partial charge in [-0.1, -0.05) is 67.9 Å². The van der Waals surface area contributed by atoms with Crippen LogP contribution in [-0.4, -0.2) is 207 Å². The van der Waals surface area contributed by atoms with Crippen LogP contribution in [0.5, 0.6) is 0 Å². The highest BCUT2D eigenvalue weighted by molar-refractivity contribution is 7.97. The topological polar surface area (TPSA) is 410 Å². The minimum Gasteiger partial charge on any atom is -0.743 e. The second-order valence-electron chi connectivity index (χ2n) is 46.8. The Labute approximate surface area is 818 Å². The summed E-state index contributed by atoms with van der Waals surface area (Å²) in [7, 11) is -12.5. The molecule has 0 radical (unpaired) electrons. The average Bonchev–Trinajstić information content (AvgIpc) is 1.52. The maximum atomic E-state index is 12.8. The van der Waals surface area contributed by atoms with E-state index in [-0.39, 0.29) is 98.7 Å². The second-order valence-corrected chi connectivity index (χ2v) is 54.2. The highest BCUT2D eigenvalue weighted by Crippen LogP contribution is 2.67. The van der Waals surface area contributed by atoms with Gasteiger partial charge in [-0.25, -0.2) is 42.0 Å². The predicted molar refractivity (Wildman–Crippen MR) is 506 cm³/mol. The van der Waals surface area contributed by atoms with Crippen LogP contribution in [0.1, 0.15) is 290 Å². The van der Waals surface area contributed by atoms with E-state index in [4.69, 9.17) is 56.1 Å². The number of aliphatic hydroxyl groups excluding tert-OH is 1. The Morgan fingerprint density at radius 1 is 0.478 bits per heavy atom. The van der Waals surface area contributed by atoms with Crippen LogP contribution in [-0.2, 0) is 140 Å². The largest absolute Gasteiger partial charge is 0.743 e. The number of hydrogen-bond donors (Lipinski definition) is 1. The molecular formula is C103H154F2O29S4. The Hall–Kier alpha value is -5.95. The molecule has 0 spiro atoms. The fraction of sp³-hybridized carbons (Fsp3) is 0.835. The molecule has 0 aromatic carbocycles. The molecule has 1 N–H and O–H groups in total. The first-order valence-electron chi connectivity index (χ1n) is 50.8. The highest BCUT2D eigenvalue weighted by Gasteiger charge is 2.69. The molecule has 3 heterocycles. The van der Waals surface area contributed by atoms with Crippen LogP contribution < -0.4 is 0 Å². The molecule has 3 aliphatic heterocycles. The van der Waals surface area contributed by atoms with Crippen molar-refractivity contribution in [2.75, 3.05) is 50.3 Å². The van der Waals surface area contributed by atoms with E-state index in [1.165, 1.54) is 141 Å². The number of rotatable bonds is 28. The molecule has 12 unspecified atom stereocenters. The number of ether oxygens (including phenoxy) is 10. The van der Waals surface area contributed by atoms with Gasteiger partial charge in [-0.15, -0.1) is 0 Å². The lowest BCUT2D eigenvalue weighted by Gasteiger charge is -2.62. The first kappa shape index (κ1) is 109. The number of carbonyl (C=O) groups is 9. The molecule has 23 fully saturated rings. The van der Waals surface area contributed by atoms with Gasteiger partial charge >= 0.3 is 59.0 Å². The lowest BCUT2D eigenvalue weighted by atomic mass is 9.47. The standard InChI is InChI=1S/C19H32O2.C17H27O2S.C17H26O2.C16H24O4.C15H22O7S.C13H16O7S.C6H8F2O5S/c1-6-18(4,5)17(20)21-19(12(2)3)15-8-13-7-14(10-15)11-16(19)9-13;1-17(19-16(18)11-20-4-2-3-5-20)14-7-12-6-13(9-14)10-15(17)8-12;1-10(2)16(18)19-17(11(3)4)14-6-12-5-13(8-14)9-15(17)7-12;1-11(2)14(18)20-16-8-12-5-13(9-16)7-15(6-12,10-16)19-4-3-17;1-4-15(2,3)14(17)20-7-11(16)21-12-8-5-9-10(6-8)23(18,19)22-13(9)12;1-6(2)13(15)18-5-10(14)19-11-7-3-8-9(4-7)21(16,17)20-12(8)11;1-4(2)5(9)13-3-6(7,8)14(10,11)12/h12-16H,6-11H2,1-5H3;12-15H,2-11H2,1H3;11-15H,1,5-9H2,2-4H3;12-13,17H,1,3-10H2,2H3;8-10,12-13H,4-7H2,1-3H3;7-9,11-12H,1,3-5H2,2H3;1,3H2,2H3,(H,10,11,12)/q;+1;;;;;/p-1. The number of aliphatic hydroxyl groups is 1. The normalized spacial score (nSPS) is 38.4. The molecule has 35 heteroatoms. The summed E-state index contributed by atoms with van der Waals surface area (Å²) in [6.07, 6.45) is 30.1. The number of alkyl halides is 2. The maximum Gasteiger partial charge on any atom is 0.367 e. The molecule has 20 aliphatic carbocycles. The molecule has 0 aromatic heterocycles. The predicted octanol–water partition coefficient (Wildman–Crippen LogP) is 15.5. The van der Waals surface area contributed by atoms with E-state index in [1.807, 2.05) is 20.8 Å². The molecule has 20 bridgehead atoms. The van der Waals surface area contributed by atoms with Crippen LogP contribution in [0.2, 0.25) is 0 Å². The third-order valence-corrected chi connectivity index (χ3v) is 42.2. The molecule has 12 atom stereocenters. The SMILES string of the molecule is C=C(C)C(=O)OC1(C(C)C)C2CC3CC(C2)CC1C3.C=C(C)C(=O)OC12CC3CC(CC(OCCO)(C3)C1)C2.C=C(C)C(=O)OCC(=O)OC1C2CC3C1OS(=O)(=O)C3C2.C=C(C)C(=O)OCC(F)(F)S(=O)(=O)[O-].CC1(OC(=O)C[S+]2CCCC2)C2CC3CC(C2)CC1C3.CCC(C)(C)C(=O)OC1(C(C)C)C2CC3CC(C2)CC1C3.CCC(C)(C)C(=O)OCC(=O)OC1C2CC3C1OS(=O)(=O)C3C2. The van der Waals surface area contributed by atoms with Crippen molar-refractivity contribution in [1.82, 2.24) is 0 Å². The van der Waals surface area contributed by atoms with Crippen molar-refractivity contribution in [2.24, 2.45) is 129 Å². The van der Waals surface area contributed by atoms with Crippen molar-refractivity contribution in [2.45, 2.75) is 358 Å². The van der Waals surface area contributed by atoms with Crippen molar-refractivity contribution in [3.8, 4) is 0 Å². The van der Waals surface area contributed by atoms with Crippen LogP contribution in [0.15, 0.2) is 48.6 Å². The molecule has 20 saturated carbocycles. The van der Waals surface area contributed by atoms with Crippen LogP contribution in [0.3, 0.4) is 0 Å². The Kier molecular flexibility index (Phi) is 33.5. The lowest BCUT2D eigenvalue weighted by Crippen LogP contribution is -2.63. The quantitative estimate of drug-likeness (QED) is 0.0190. The zero-order chi connectivity index (χ0) is 101. The van der Waals surface area contributed by atoms with Crippen molar-refractivity contribution >= 4 is 95.0 Å². The first-order valence-corrected chi connectivity index (χ1v) is 56.9. The Morgan fingerprint density at radius 2 is 0.841 bits per heavy atom. The number of fused-ring (bicyclic) bond motifs is 2. The molecule has 23 aliphatic rings. The molecule has 138 heavy (non-hydrogen) atoms. The third kappa shape index (κ3) is 23.3.